The lowest BCUT2D eigenvalue weighted by atomic mass is 10.1. The number of rotatable bonds is 4. The maximum Gasteiger partial charge on any atom is 0.270 e. The highest BCUT2D eigenvalue weighted by molar-refractivity contribution is 9.09. The first-order chi connectivity index (χ1) is 8.72. The molecule has 4 heteroatoms. The zero-order valence-electron chi connectivity index (χ0n) is 10.2. The minimum Gasteiger partial charge on any atom is -0.350 e. The van der Waals surface area contributed by atoms with E-state index in [1.165, 1.54) is 0 Å². The number of halogens is 1. The molecule has 1 N–H and O–H groups in total. The monoisotopic (exact) mass is 306 g/mol. The minimum atomic E-state index is -0.111. The van der Waals surface area contributed by atoms with Crippen LogP contribution in [0.2, 0.25) is 0 Å². The van der Waals surface area contributed by atoms with Crippen LogP contribution in [0.4, 0.5) is 0 Å². The molecule has 18 heavy (non-hydrogen) atoms. The largest absolute Gasteiger partial charge is 0.350 e. The fraction of sp³-hybridized carbons (Fsp3) is 0.286. The Balaban J connectivity index is 2.22. The number of fused-ring (bicyclic) bond motifs is 1. The second-order valence-electron chi connectivity index (χ2n) is 4.35. The van der Waals surface area contributed by atoms with E-state index in [9.17, 15) is 4.79 Å². The van der Waals surface area contributed by atoms with E-state index in [4.69, 9.17) is 0 Å². The van der Waals surface area contributed by atoms with Gasteiger partial charge in [0.1, 0.15) is 5.69 Å². The van der Waals surface area contributed by atoms with Crippen LogP contribution in [0, 0.1) is 5.92 Å². The van der Waals surface area contributed by atoms with Crippen LogP contribution in [-0.4, -0.2) is 22.8 Å². The Labute approximate surface area is 115 Å². The molecule has 0 saturated heterocycles. The van der Waals surface area contributed by atoms with Crippen LogP contribution in [0.15, 0.2) is 36.5 Å². The van der Waals surface area contributed by atoms with E-state index in [1.54, 1.807) is 6.20 Å². The summed E-state index contributed by atoms with van der Waals surface area (Å²) in [5, 5.41) is 5.71. The van der Waals surface area contributed by atoms with Crippen LogP contribution < -0.4 is 5.32 Å². The number of nitrogens with zero attached hydrogens (tertiary/aromatic N) is 1. The van der Waals surface area contributed by atoms with E-state index in [-0.39, 0.29) is 5.91 Å². The molecule has 1 amide bonds. The third kappa shape index (κ3) is 2.88. The van der Waals surface area contributed by atoms with Crippen molar-refractivity contribution in [1.29, 1.82) is 0 Å². The zero-order chi connectivity index (χ0) is 13.0. The van der Waals surface area contributed by atoms with Crippen molar-refractivity contribution in [3.8, 4) is 0 Å². The first kappa shape index (κ1) is 13.0. The van der Waals surface area contributed by atoms with Crippen LogP contribution >= 0.6 is 15.9 Å². The van der Waals surface area contributed by atoms with Gasteiger partial charge in [0, 0.05) is 23.5 Å². The number of amides is 1. The summed E-state index contributed by atoms with van der Waals surface area (Å²) < 4.78 is 0. The highest BCUT2D eigenvalue weighted by Crippen LogP contribution is 2.16. The molecule has 1 atom stereocenters. The van der Waals surface area contributed by atoms with Crippen molar-refractivity contribution in [2.75, 3.05) is 11.9 Å². The van der Waals surface area contributed by atoms with Gasteiger partial charge >= 0.3 is 0 Å². The summed E-state index contributed by atoms with van der Waals surface area (Å²) in [6, 6.07) is 9.69. The molecule has 0 saturated carbocycles. The molecule has 0 aliphatic heterocycles. The molecule has 94 valence electrons. The normalized spacial score (nSPS) is 12.3. The van der Waals surface area contributed by atoms with Gasteiger partial charge in [-0.1, -0.05) is 47.1 Å². The van der Waals surface area contributed by atoms with Gasteiger partial charge in [-0.05, 0) is 17.4 Å². The molecular formula is C14H15BrN2O. The van der Waals surface area contributed by atoms with E-state index < -0.39 is 0 Å². The average molecular weight is 307 g/mol. The Bertz CT molecular complexity index is 551. The summed E-state index contributed by atoms with van der Waals surface area (Å²) in [5.74, 6) is 0.295. The third-order valence-electron chi connectivity index (χ3n) is 2.76. The summed E-state index contributed by atoms with van der Waals surface area (Å²) >= 11 is 3.39. The molecule has 2 aromatic rings. The van der Waals surface area contributed by atoms with Crippen molar-refractivity contribution in [1.82, 2.24) is 10.3 Å². The lowest BCUT2D eigenvalue weighted by Gasteiger charge is -2.10. The van der Waals surface area contributed by atoms with Gasteiger partial charge in [0.05, 0.1) is 0 Å². The van der Waals surface area contributed by atoms with Gasteiger partial charge in [-0.15, -0.1) is 0 Å². The van der Waals surface area contributed by atoms with Crippen LogP contribution in [0.1, 0.15) is 17.4 Å². The van der Waals surface area contributed by atoms with Gasteiger partial charge in [0.2, 0.25) is 0 Å². The highest BCUT2D eigenvalue weighted by Gasteiger charge is 2.11. The third-order valence-corrected chi connectivity index (χ3v) is 3.87. The number of hydrogen-bond donors (Lipinski definition) is 1. The summed E-state index contributed by atoms with van der Waals surface area (Å²) in [6.07, 6.45) is 1.67. The first-order valence-corrected chi connectivity index (χ1v) is 7.02. The van der Waals surface area contributed by atoms with Gasteiger partial charge in [-0.3, -0.25) is 9.78 Å². The molecule has 0 bridgehead atoms. The molecule has 1 aromatic heterocycles. The highest BCUT2D eigenvalue weighted by atomic mass is 79.9. The second kappa shape index (κ2) is 5.96. The molecule has 0 aliphatic carbocycles. The first-order valence-electron chi connectivity index (χ1n) is 5.90. The Morgan fingerprint density at radius 3 is 2.94 bits per heavy atom. The predicted molar refractivity (Wildman–Crippen MR) is 77.0 cm³/mol. The number of nitrogens with one attached hydrogen (secondary N) is 1. The summed E-state index contributed by atoms with van der Waals surface area (Å²) in [7, 11) is 0. The topological polar surface area (TPSA) is 42.0 Å². The molecule has 0 fully saturated rings. The molecule has 1 heterocycles. The van der Waals surface area contributed by atoms with E-state index in [0.717, 1.165) is 16.1 Å². The Morgan fingerprint density at radius 2 is 2.17 bits per heavy atom. The molecule has 2 rings (SSSR count). The molecule has 3 nitrogen and oxygen atoms in total. The molecule has 1 aromatic carbocycles. The molecule has 0 radical (unpaired) electrons. The Hall–Kier alpha value is -1.42. The average Bonchev–Trinajstić information content (AvgIpc) is 2.43. The lowest BCUT2D eigenvalue weighted by Crippen LogP contribution is -2.29. The van der Waals surface area contributed by atoms with Gasteiger partial charge in [0.25, 0.3) is 5.91 Å². The number of carbonyl (C=O) groups excluding carboxylic acids is 1. The predicted octanol–water partition coefficient (Wildman–Crippen LogP) is 3.00. The van der Waals surface area contributed by atoms with E-state index >= 15 is 0 Å². The van der Waals surface area contributed by atoms with E-state index in [0.29, 0.717) is 18.2 Å². The number of benzene rings is 1. The Morgan fingerprint density at radius 1 is 1.39 bits per heavy atom. The van der Waals surface area contributed by atoms with Gasteiger partial charge in [-0.25, -0.2) is 0 Å². The van der Waals surface area contributed by atoms with Gasteiger partial charge in [0.15, 0.2) is 0 Å². The zero-order valence-corrected chi connectivity index (χ0v) is 11.8. The van der Waals surface area contributed by atoms with Crippen molar-refractivity contribution in [3.63, 3.8) is 0 Å². The molecule has 1 unspecified atom stereocenters. The smallest absolute Gasteiger partial charge is 0.270 e. The summed E-state index contributed by atoms with van der Waals surface area (Å²) in [4.78, 5) is 16.3. The number of carbonyl (C=O) groups is 1. The van der Waals surface area contributed by atoms with E-state index in [2.05, 4.69) is 33.2 Å². The number of hydrogen-bond acceptors (Lipinski definition) is 2. The second-order valence-corrected chi connectivity index (χ2v) is 5.00. The fourth-order valence-electron chi connectivity index (χ4n) is 1.71. The number of aromatic nitrogens is 1. The van der Waals surface area contributed by atoms with Crippen molar-refractivity contribution in [3.05, 3.63) is 42.2 Å². The van der Waals surface area contributed by atoms with Crippen molar-refractivity contribution in [2.24, 2.45) is 5.92 Å². The SMILES string of the molecule is CC(CBr)CNC(=O)c1nccc2ccccc12. The maximum absolute atomic E-state index is 12.1. The van der Waals surface area contributed by atoms with E-state index in [1.807, 2.05) is 30.3 Å². The molecule has 0 spiro atoms. The summed E-state index contributed by atoms with van der Waals surface area (Å²) in [5.41, 5.74) is 0.495. The number of pyridine rings is 1. The standard InChI is InChI=1S/C14H15BrN2O/c1-10(8-15)9-17-14(18)13-12-5-3-2-4-11(12)6-7-16-13/h2-7,10H,8-9H2,1H3,(H,17,18). The quantitative estimate of drug-likeness (QED) is 0.882. The number of alkyl halides is 1. The van der Waals surface area contributed by atoms with Gasteiger partial charge in [-0.2, -0.15) is 0 Å². The van der Waals surface area contributed by atoms with Crippen molar-refractivity contribution < 1.29 is 4.79 Å². The van der Waals surface area contributed by atoms with Crippen LogP contribution in [-0.2, 0) is 0 Å². The molecule has 0 aliphatic rings. The maximum atomic E-state index is 12.1. The Kier molecular flexibility index (Phi) is 4.31. The van der Waals surface area contributed by atoms with Crippen LogP contribution in [0.25, 0.3) is 10.8 Å². The lowest BCUT2D eigenvalue weighted by molar-refractivity contribution is 0.0946. The summed E-state index contributed by atoms with van der Waals surface area (Å²) in [6.45, 7) is 2.72. The fourth-order valence-corrected chi connectivity index (χ4v) is 1.93. The minimum absolute atomic E-state index is 0.111. The molecular weight excluding hydrogens is 292 g/mol. The van der Waals surface area contributed by atoms with Crippen LogP contribution in [0.5, 0.6) is 0 Å². The van der Waals surface area contributed by atoms with Crippen LogP contribution in [0.3, 0.4) is 0 Å². The van der Waals surface area contributed by atoms with Crippen molar-refractivity contribution in [2.45, 2.75) is 6.92 Å². The van der Waals surface area contributed by atoms with Gasteiger partial charge < -0.3 is 5.32 Å². The van der Waals surface area contributed by atoms with Crippen molar-refractivity contribution >= 4 is 32.6 Å².